The molecule has 0 unspecified atom stereocenters. The van der Waals surface area contributed by atoms with Crippen LogP contribution in [0.4, 0.5) is 17.1 Å². The molecule has 0 aliphatic carbocycles. The van der Waals surface area contributed by atoms with Gasteiger partial charge in [0.05, 0.1) is 17.6 Å². The Bertz CT molecular complexity index is 1510. The lowest BCUT2D eigenvalue weighted by Crippen LogP contribution is -2.21. The Morgan fingerprint density at radius 2 is 1.13 bits per heavy atom. The first kappa shape index (κ1) is 25.0. The molecule has 0 bridgehead atoms. The fourth-order valence-electron chi connectivity index (χ4n) is 4.63. The molecule has 0 heterocycles. The predicted octanol–water partition coefficient (Wildman–Crippen LogP) is 9.03. The monoisotopic (exact) mass is 495 g/mol. The van der Waals surface area contributed by atoms with Gasteiger partial charge in [0.15, 0.2) is 0 Å². The van der Waals surface area contributed by atoms with Crippen molar-refractivity contribution in [2.45, 2.75) is 13.8 Å². The predicted molar refractivity (Wildman–Crippen MR) is 165 cm³/mol. The van der Waals surface area contributed by atoms with Gasteiger partial charge in [0.1, 0.15) is 0 Å². The summed E-state index contributed by atoms with van der Waals surface area (Å²) < 4.78 is 0. The summed E-state index contributed by atoms with van der Waals surface area (Å²) in [6.45, 7) is 6.42. The zero-order valence-electron chi connectivity index (χ0n) is 22.0. The van der Waals surface area contributed by atoms with E-state index in [2.05, 4.69) is 134 Å². The summed E-state index contributed by atoms with van der Waals surface area (Å²) in [7, 11) is 0. The normalized spacial score (nSPS) is 11.4. The third-order valence-electron chi connectivity index (χ3n) is 6.74. The third kappa shape index (κ3) is 5.84. The maximum atomic E-state index is 4.93. The van der Waals surface area contributed by atoms with Gasteiger partial charge in [-0.05, 0) is 66.3 Å². The van der Waals surface area contributed by atoms with E-state index in [-0.39, 0.29) is 0 Å². The zero-order chi connectivity index (χ0) is 26.2. The van der Waals surface area contributed by atoms with Crippen molar-refractivity contribution in [2.24, 2.45) is 5.10 Å². The molecular formula is C35H33N3. The van der Waals surface area contributed by atoms with Crippen LogP contribution in [0.3, 0.4) is 0 Å². The van der Waals surface area contributed by atoms with E-state index in [0.29, 0.717) is 0 Å². The number of para-hydroxylation sites is 1. The topological polar surface area (TPSA) is 18.8 Å². The smallest absolute Gasteiger partial charge is 0.0730 e. The van der Waals surface area contributed by atoms with Crippen LogP contribution in [0.5, 0.6) is 0 Å². The average molecular weight is 496 g/mol. The van der Waals surface area contributed by atoms with Crippen LogP contribution < -0.4 is 9.91 Å². The highest BCUT2D eigenvalue weighted by atomic mass is 15.5. The molecule has 0 aliphatic heterocycles. The Morgan fingerprint density at radius 3 is 1.82 bits per heavy atom. The van der Waals surface area contributed by atoms with Crippen LogP contribution in [0.1, 0.15) is 30.5 Å². The molecule has 0 N–H and O–H groups in total. The Morgan fingerprint density at radius 1 is 0.553 bits per heavy atom. The SMILES string of the molecule is CCN(CC)c1ccc(/C=C/c2ccc(/C=N/N(c3ccccc3)c3cccc4ccccc34)cc2)cc1. The second kappa shape index (κ2) is 12.1. The average Bonchev–Trinajstić information content (AvgIpc) is 2.99. The fourth-order valence-corrected chi connectivity index (χ4v) is 4.63. The Hall–Kier alpha value is -4.63. The first-order valence-electron chi connectivity index (χ1n) is 13.2. The molecule has 0 radical (unpaired) electrons. The van der Waals surface area contributed by atoms with E-state index in [0.717, 1.165) is 35.6 Å². The number of rotatable bonds is 9. The van der Waals surface area contributed by atoms with Crippen molar-refractivity contribution in [3.63, 3.8) is 0 Å². The first-order valence-corrected chi connectivity index (χ1v) is 13.2. The number of hydrogen-bond acceptors (Lipinski definition) is 3. The van der Waals surface area contributed by atoms with Crippen LogP contribution in [0.25, 0.3) is 22.9 Å². The summed E-state index contributed by atoms with van der Waals surface area (Å²) in [5, 5.41) is 9.31. The van der Waals surface area contributed by atoms with Crippen molar-refractivity contribution in [2.75, 3.05) is 23.0 Å². The molecule has 3 heteroatoms. The quantitative estimate of drug-likeness (QED) is 0.115. The van der Waals surface area contributed by atoms with Crippen LogP contribution in [0.2, 0.25) is 0 Å². The number of benzene rings is 5. The molecule has 0 saturated heterocycles. The molecule has 0 aliphatic rings. The van der Waals surface area contributed by atoms with Crippen molar-refractivity contribution < 1.29 is 0 Å². The van der Waals surface area contributed by atoms with Gasteiger partial charge in [-0.2, -0.15) is 5.10 Å². The lowest BCUT2D eigenvalue weighted by Gasteiger charge is -2.21. The van der Waals surface area contributed by atoms with E-state index < -0.39 is 0 Å². The number of hydrogen-bond donors (Lipinski definition) is 0. The number of fused-ring (bicyclic) bond motifs is 1. The first-order chi connectivity index (χ1) is 18.7. The van der Waals surface area contributed by atoms with Gasteiger partial charge in [-0.15, -0.1) is 0 Å². The maximum Gasteiger partial charge on any atom is 0.0730 e. The molecule has 188 valence electrons. The van der Waals surface area contributed by atoms with E-state index >= 15 is 0 Å². The van der Waals surface area contributed by atoms with Crippen LogP contribution in [0.15, 0.2) is 126 Å². The number of anilines is 3. The minimum absolute atomic E-state index is 1.02. The molecule has 5 rings (SSSR count). The molecule has 0 amide bonds. The van der Waals surface area contributed by atoms with Gasteiger partial charge in [0.25, 0.3) is 0 Å². The largest absolute Gasteiger partial charge is 0.372 e. The van der Waals surface area contributed by atoms with Crippen molar-refractivity contribution in [1.82, 2.24) is 0 Å². The molecule has 0 fully saturated rings. The standard InChI is InChI=1S/C35H33N3/c1-3-37(4-2)32-25-23-29(24-26-32)18-17-28-19-21-30(22-20-28)27-36-38(33-13-6-5-7-14-33)35-16-10-12-31-11-8-9-15-34(31)35/h5-27H,3-4H2,1-2H3/b18-17+,36-27+. The summed E-state index contributed by atoms with van der Waals surface area (Å²) in [4.78, 5) is 2.35. The zero-order valence-corrected chi connectivity index (χ0v) is 22.0. The van der Waals surface area contributed by atoms with Crippen molar-refractivity contribution >= 4 is 46.2 Å². The fraction of sp³-hybridized carbons (Fsp3) is 0.114. The number of nitrogens with zero attached hydrogens (tertiary/aromatic N) is 3. The molecule has 0 spiro atoms. The van der Waals surface area contributed by atoms with Gasteiger partial charge < -0.3 is 4.90 Å². The van der Waals surface area contributed by atoms with Crippen molar-refractivity contribution in [1.29, 1.82) is 0 Å². The van der Waals surface area contributed by atoms with Crippen molar-refractivity contribution in [3.8, 4) is 0 Å². The summed E-state index contributed by atoms with van der Waals surface area (Å²) in [5.41, 5.74) is 6.74. The van der Waals surface area contributed by atoms with Gasteiger partial charge in [0, 0.05) is 24.2 Å². The van der Waals surface area contributed by atoms with Crippen LogP contribution >= 0.6 is 0 Å². The molecule has 5 aromatic carbocycles. The highest BCUT2D eigenvalue weighted by Crippen LogP contribution is 2.32. The highest BCUT2D eigenvalue weighted by molar-refractivity contribution is 5.96. The summed E-state index contributed by atoms with van der Waals surface area (Å²) in [6.07, 6.45) is 6.24. The van der Waals surface area contributed by atoms with Gasteiger partial charge in [-0.1, -0.05) is 103 Å². The van der Waals surface area contributed by atoms with Crippen LogP contribution in [-0.4, -0.2) is 19.3 Å². The van der Waals surface area contributed by atoms with E-state index in [4.69, 9.17) is 5.10 Å². The van der Waals surface area contributed by atoms with E-state index in [1.165, 1.54) is 22.0 Å². The van der Waals surface area contributed by atoms with Crippen LogP contribution in [-0.2, 0) is 0 Å². The number of hydrazone groups is 1. The Balaban J connectivity index is 1.35. The second-order valence-corrected chi connectivity index (χ2v) is 9.15. The molecule has 0 atom stereocenters. The molecule has 5 aromatic rings. The summed E-state index contributed by atoms with van der Waals surface area (Å²) in [6, 6.07) is 42.3. The van der Waals surface area contributed by atoms with E-state index in [1.807, 2.05) is 29.4 Å². The molecular weight excluding hydrogens is 462 g/mol. The highest BCUT2D eigenvalue weighted by Gasteiger charge is 2.11. The molecule has 0 saturated carbocycles. The minimum atomic E-state index is 1.02. The minimum Gasteiger partial charge on any atom is -0.372 e. The van der Waals surface area contributed by atoms with Crippen LogP contribution in [0, 0.1) is 0 Å². The molecule has 3 nitrogen and oxygen atoms in total. The molecule has 38 heavy (non-hydrogen) atoms. The Kier molecular flexibility index (Phi) is 7.95. The van der Waals surface area contributed by atoms with E-state index in [1.54, 1.807) is 0 Å². The molecule has 0 aromatic heterocycles. The Labute approximate surface area is 226 Å². The van der Waals surface area contributed by atoms with E-state index in [9.17, 15) is 0 Å². The van der Waals surface area contributed by atoms with Gasteiger partial charge in [-0.25, -0.2) is 5.01 Å². The lowest BCUT2D eigenvalue weighted by molar-refractivity contribution is 0.866. The third-order valence-corrected chi connectivity index (χ3v) is 6.74. The summed E-state index contributed by atoms with van der Waals surface area (Å²) >= 11 is 0. The van der Waals surface area contributed by atoms with Gasteiger partial charge >= 0.3 is 0 Å². The van der Waals surface area contributed by atoms with Gasteiger partial charge in [-0.3, -0.25) is 0 Å². The lowest BCUT2D eigenvalue weighted by atomic mass is 10.1. The maximum absolute atomic E-state index is 4.93. The van der Waals surface area contributed by atoms with Crippen molar-refractivity contribution in [3.05, 3.63) is 138 Å². The second-order valence-electron chi connectivity index (χ2n) is 9.15. The van der Waals surface area contributed by atoms with Gasteiger partial charge in [0.2, 0.25) is 0 Å². The summed E-state index contributed by atoms with van der Waals surface area (Å²) in [5.74, 6) is 0.